The molecule has 2 rings (SSSR count). The lowest BCUT2D eigenvalue weighted by molar-refractivity contribution is 0.174. The molecule has 2 aliphatic rings. The lowest BCUT2D eigenvalue weighted by atomic mass is 9.94. The second-order valence-electron chi connectivity index (χ2n) is 4.12. The predicted molar refractivity (Wildman–Crippen MR) is 59.0 cm³/mol. The van der Waals surface area contributed by atoms with Gasteiger partial charge in [-0.1, -0.05) is 27.2 Å². The number of hydrogen-bond acceptors (Lipinski definition) is 1. The quantitative estimate of drug-likeness (QED) is 0.635. The molecule has 0 spiro atoms. The molecule has 1 heteroatoms. The number of nitrogens with zero attached hydrogens (tertiary/aromatic N) is 1. The summed E-state index contributed by atoms with van der Waals surface area (Å²) in [6.45, 7) is 9.11. The maximum absolute atomic E-state index is 2.70. The van der Waals surface area contributed by atoms with Gasteiger partial charge >= 0.3 is 0 Å². The Balaban J connectivity index is 0.000000396. The molecule has 1 saturated heterocycles. The SMILES string of the molecule is CC.CCC1CCN(C2CC2)CC1. The first-order chi connectivity index (χ1) is 6.40. The van der Waals surface area contributed by atoms with Gasteiger partial charge in [-0.25, -0.2) is 0 Å². The lowest BCUT2D eigenvalue weighted by Gasteiger charge is -2.31. The zero-order chi connectivity index (χ0) is 9.68. The van der Waals surface area contributed by atoms with E-state index in [9.17, 15) is 0 Å². The normalized spacial score (nSPS) is 25.2. The molecule has 0 atom stereocenters. The molecule has 0 bridgehead atoms. The molecular formula is C12H25N. The second-order valence-corrected chi connectivity index (χ2v) is 4.12. The van der Waals surface area contributed by atoms with E-state index in [-0.39, 0.29) is 0 Å². The van der Waals surface area contributed by atoms with Gasteiger partial charge in [0.2, 0.25) is 0 Å². The molecule has 0 aromatic rings. The van der Waals surface area contributed by atoms with Crippen LogP contribution in [-0.4, -0.2) is 24.0 Å². The predicted octanol–water partition coefficient (Wildman–Crippen LogP) is 3.30. The zero-order valence-electron chi connectivity index (χ0n) is 9.55. The Morgan fingerprint density at radius 1 is 1.00 bits per heavy atom. The van der Waals surface area contributed by atoms with Gasteiger partial charge in [-0.15, -0.1) is 0 Å². The van der Waals surface area contributed by atoms with E-state index in [0.29, 0.717) is 0 Å². The summed E-state index contributed by atoms with van der Waals surface area (Å²) >= 11 is 0. The van der Waals surface area contributed by atoms with Crippen LogP contribution in [0.5, 0.6) is 0 Å². The van der Waals surface area contributed by atoms with E-state index in [1.807, 2.05) is 13.8 Å². The van der Waals surface area contributed by atoms with Gasteiger partial charge in [0.15, 0.2) is 0 Å². The fourth-order valence-electron chi connectivity index (χ4n) is 2.17. The van der Waals surface area contributed by atoms with Crippen LogP contribution >= 0.6 is 0 Å². The third kappa shape index (κ3) is 3.30. The molecular weight excluding hydrogens is 158 g/mol. The maximum Gasteiger partial charge on any atom is 0.00964 e. The van der Waals surface area contributed by atoms with Crippen molar-refractivity contribution in [3.8, 4) is 0 Å². The summed E-state index contributed by atoms with van der Waals surface area (Å²) in [5.41, 5.74) is 0. The fourth-order valence-corrected chi connectivity index (χ4v) is 2.17. The van der Waals surface area contributed by atoms with Gasteiger partial charge < -0.3 is 4.90 Å². The molecule has 0 aromatic heterocycles. The summed E-state index contributed by atoms with van der Waals surface area (Å²) in [7, 11) is 0. The van der Waals surface area contributed by atoms with Crippen LogP contribution in [0.3, 0.4) is 0 Å². The number of likely N-dealkylation sites (tertiary alicyclic amines) is 1. The first kappa shape index (κ1) is 11.0. The molecule has 0 N–H and O–H groups in total. The Bertz CT molecular complexity index is 121. The standard InChI is InChI=1S/C10H19N.C2H6/c1-2-9-5-7-11(8-6-9)10-3-4-10;1-2/h9-10H,2-8H2,1H3;1-2H3. The van der Waals surface area contributed by atoms with Crippen molar-refractivity contribution in [1.82, 2.24) is 4.90 Å². The van der Waals surface area contributed by atoms with E-state index in [2.05, 4.69) is 11.8 Å². The maximum atomic E-state index is 2.70. The van der Waals surface area contributed by atoms with Crippen LogP contribution in [0.2, 0.25) is 0 Å². The smallest absolute Gasteiger partial charge is 0.00964 e. The number of hydrogen-bond donors (Lipinski definition) is 0. The zero-order valence-corrected chi connectivity index (χ0v) is 9.55. The molecule has 0 radical (unpaired) electrons. The minimum Gasteiger partial charge on any atom is -0.300 e. The molecule has 78 valence electrons. The summed E-state index contributed by atoms with van der Waals surface area (Å²) in [4.78, 5) is 2.70. The van der Waals surface area contributed by atoms with Crippen LogP contribution in [0.1, 0.15) is 52.9 Å². The van der Waals surface area contributed by atoms with Crippen LogP contribution in [0.25, 0.3) is 0 Å². The van der Waals surface area contributed by atoms with E-state index in [0.717, 1.165) is 12.0 Å². The largest absolute Gasteiger partial charge is 0.300 e. The van der Waals surface area contributed by atoms with Gasteiger partial charge in [-0.2, -0.15) is 0 Å². The van der Waals surface area contributed by atoms with E-state index >= 15 is 0 Å². The summed E-state index contributed by atoms with van der Waals surface area (Å²) in [5.74, 6) is 1.05. The van der Waals surface area contributed by atoms with Crippen molar-refractivity contribution in [1.29, 1.82) is 0 Å². The Labute approximate surface area is 83.5 Å². The topological polar surface area (TPSA) is 3.24 Å². The third-order valence-electron chi connectivity index (χ3n) is 3.29. The Morgan fingerprint density at radius 2 is 1.54 bits per heavy atom. The second kappa shape index (κ2) is 5.64. The molecule has 2 fully saturated rings. The van der Waals surface area contributed by atoms with Crippen molar-refractivity contribution in [3.63, 3.8) is 0 Å². The van der Waals surface area contributed by atoms with Gasteiger partial charge in [-0.05, 0) is 44.7 Å². The average molecular weight is 183 g/mol. The van der Waals surface area contributed by atoms with Gasteiger partial charge in [0, 0.05) is 6.04 Å². The molecule has 0 amide bonds. The van der Waals surface area contributed by atoms with Gasteiger partial charge in [0.25, 0.3) is 0 Å². The Hall–Kier alpha value is -0.0400. The highest BCUT2D eigenvalue weighted by Gasteiger charge is 2.31. The average Bonchev–Trinajstić information content (AvgIpc) is 3.05. The lowest BCUT2D eigenvalue weighted by Crippen LogP contribution is -2.35. The highest BCUT2D eigenvalue weighted by molar-refractivity contribution is 4.86. The Morgan fingerprint density at radius 3 is 1.92 bits per heavy atom. The molecule has 1 heterocycles. The summed E-state index contributed by atoms with van der Waals surface area (Å²) < 4.78 is 0. The van der Waals surface area contributed by atoms with E-state index in [1.54, 1.807) is 0 Å². The third-order valence-corrected chi connectivity index (χ3v) is 3.29. The first-order valence-electron chi connectivity index (χ1n) is 6.14. The van der Waals surface area contributed by atoms with Gasteiger partial charge in [0.05, 0.1) is 0 Å². The molecule has 1 nitrogen and oxygen atoms in total. The molecule has 13 heavy (non-hydrogen) atoms. The van der Waals surface area contributed by atoms with Crippen molar-refractivity contribution in [2.24, 2.45) is 5.92 Å². The van der Waals surface area contributed by atoms with Crippen molar-refractivity contribution >= 4 is 0 Å². The number of rotatable bonds is 2. The Kier molecular flexibility index (Phi) is 4.79. The molecule has 1 aliphatic carbocycles. The van der Waals surface area contributed by atoms with Gasteiger partial charge in [-0.3, -0.25) is 0 Å². The van der Waals surface area contributed by atoms with Crippen LogP contribution in [0.15, 0.2) is 0 Å². The minimum atomic E-state index is 1.01. The summed E-state index contributed by atoms with van der Waals surface area (Å²) in [6, 6.07) is 1.01. The van der Waals surface area contributed by atoms with Crippen LogP contribution in [0, 0.1) is 5.92 Å². The van der Waals surface area contributed by atoms with Crippen LogP contribution < -0.4 is 0 Å². The van der Waals surface area contributed by atoms with Crippen LogP contribution in [-0.2, 0) is 0 Å². The summed E-state index contributed by atoms with van der Waals surface area (Å²) in [6.07, 6.45) is 7.30. The minimum absolute atomic E-state index is 1.01. The van der Waals surface area contributed by atoms with Crippen molar-refractivity contribution in [2.75, 3.05) is 13.1 Å². The highest BCUT2D eigenvalue weighted by Crippen LogP contribution is 2.31. The van der Waals surface area contributed by atoms with Crippen molar-refractivity contribution < 1.29 is 0 Å². The van der Waals surface area contributed by atoms with Crippen LogP contribution in [0.4, 0.5) is 0 Å². The van der Waals surface area contributed by atoms with Crippen molar-refractivity contribution in [2.45, 2.75) is 58.9 Å². The van der Waals surface area contributed by atoms with Gasteiger partial charge in [0.1, 0.15) is 0 Å². The van der Waals surface area contributed by atoms with E-state index < -0.39 is 0 Å². The van der Waals surface area contributed by atoms with Crippen molar-refractivity contribution in [3.05, 3.63) is 0 Å². The number of piperidine rings is 1. The molecule has 1 saturated carbocycles. The molecule has 1 aliphatic heterocycles. The summed E-state index contributed by atoms with van der Waals surface area (Å²) in [5, 5.41) is 0. The fraction of sp³-hybridized carbons (Fsp3) is 1.00. The molecule has 0 unspecified atom stereocenters. The molecule has 0 aromatic carbocycles. The van der Waals surface area contributed by atoms with E-state index in [1.165, 1.54) is 45.2 Å². The monoisotopic (exact) mass is 183 g/mol. The first-order valence-corrected chi connectivity index (χ1v) is 6.14. The van der Waals surface area contributed by atoms with E-state index in [4.69, 9.17) is 0 Å². The highest BCUT2D eigenvalue weighted by atomic mass is 15.2.